The molecule has 176 valence electrons. The molecule has 31 heavy (non-hydrogen) atoms. The quantitative estimate of drug-likeness (QED) is 0.312. The van der Waals surface area contributed by atoms with Gasteiger partial charge in [-0.2, -0.15) is 0 Å². The van der Waals surface area contributed by atoms with Crippen molar-refractivity contribution >= 4 is 17.9 Å². The summed E-state index contributed by atoms with van der Waals surface area (Å²) in [6.45, 7) is 14.5. The molecule has 2 fully saturated rings. The maximum atomic E-state index is 12.2. The molecule has 0 spiro atoms. The summed E-state index contributed by atoms with van der Waals surface area (Å²) in [7, 11) is 1.36. The van der Waals surface area contributed by atoms with Crippen molar-refractivity contribution in [2.75, 3.05) is 20.3 Å². The highest BCUT2D eigenvalue weighted by Gasteiger charge is 2.56. The van der Waals surface area contributed by atoms with Crippen molar-refractivity contribution in [3.8, 4) is 0 Å². The molecule has 0 unspecified atom stereocenters. The standard InChI is InChI=1S/C25H40O6/c1-16-9-8-11-24(4,5)20-10-12-25(6,23(16)20)21(15-31-18(3)27)19(13-22(28)29-7)14-30-17(2)26/h19-21,23H,1,8-15H2,2-7H3/t19-,20+,21+,23-,25-/m0/s1. The number of carbonyl (C=O) groups is 3. The zero-order valence-electron chi connectivity index (χ0n) is 20.1. The Kier molecular flexibility index (Phi) is 8.34. The summed E-state index contributed by atoms with van der Waals surface area (Å²) in [5.74, 6) is -0.817. The number of rotatable bonds is 8. The first kappa shape index (κ1) is 25.4. The average molecular weight is 437 g/mol. The molecule has 0 radical (unpaired) electrons. The van der Waals surface area contributed by atoms with Gasteiger partial charge in [-0.15, -0.1) is 0 Å². The highest BCUT2D eigenvalue weighted by atomic mass is 16.5. The van der Waals surface area contributed by atoms with Crippen LogP contribution >= 0.6 is 0 Å². The van der Waals surface area contributed by atoms with Crippen LogP contribution in [0.15, 0.2) is 12.2 Å². The number of methoxy groups -OCH3 is 1. The highest BCUT2D eigenvalue weighted by molar-refractivity contribution is 5.70. The van der Waals surface area contributed by atoms with Crippen LogP contribution in [0, 0.1) is 34.5 Å². The van der Waals surface area contributed by atoms with Crippen LogP contribution in [0.25, 0.3) is 0 Å². The minimum absolute atomic E-state index is 0.0964. The van der Waals surface area contributed by atoms with Gasteiger partial charge in [0.15, 0.2) is 0 Å². The molecular weight excluding hydrogens is 396 g/mol. The van der Waals surface area contributed by atoms with Crippen LogP contribution in [0.1, 0.15) is 73.1 Å². The minimum Gasteiger partial charge on any atom is -0.469 e. The second kappa shape index (κ2) is 10.2. The number of allylic oxidation sites excluding steroid dienone is 1. The molecule has 2 aliphatic rings. The van der Waals surface area contributed by atoms with E-state index in [0.717, 1.165) is 32.1 Å². The lowest BCUT2D eigenvalue weighted by atomic mass is 9.59. The molecule has 0 amide bonds. The van der Waals surface area contributed by atoms with Gasteiger partial charge in [-0.1, -0.05) is 32.9 Å². The fourth-order valence-corrected chi connectivity index (χ4v) is 6.28. The van der Waals surface area contributed by atoms with E-state index in [1.54, 1.807) is 0 Å². The second-order valence-electron chi connectivity index (χ2n) is 10.4. The van der Waals surface area contributed by atoms with Gasteiger partial charge in [0.05, 0.1) is 26.7 Å². The van der Waals surface area contributed by atoms with Gasteiger partial charge < -0.3 is 14.2 Å². The summed E-state index contributed by atoms with van der Waals surface area (Å²) in [4.78, 5) is 35.5. The number of hydrogen-bond donors (Lipinski definition) is 0. The molecular formula is C25H40O6. The van der Waals surface area contributed by atoms with Crippen molar-refractivity contribution in [1.82, 2.24) is 0 Å². The molecule has 2 saturated carbocycles. The van der Waals surface area contributed by atoms with Crippen LogP contribution in [0.3, 0.4) is 0 Å². The van der Waals surface area contributed by atoms with E-state index in [0.29, 0.717) is 5.92 Å². The summed E-state index contributed by atoms with van der Waals surface area (Å²) < 4.78 is 15.8. The summed E-state index contributed by atoms with van der Waals surface area (Å²) in [5.41, 5.74) is 1.23. The number of esters is 3. The van der Waals surface area contributed by atoms with Crippen molar-refractivity contribution in [3.05, 3.63) is 12.2 Å². The maximum absolute atomic E-state index is 12.2. The zero-order chi connectivity index (χ0) is 23.4. The van der Waals surface area contributed by atoms with E-state index in [1.165, 1.54) is 26.5 Å². The summed E-state index contributed by atoms with van der Waals surface area (Å²) in [6.07, 6.45) is 5.42. The van der Waals surface area contributed by atoms with Gasteiger partial charge in [0.25, 0.3) is 0 Å². The molecule has 0 heterocycles. The molecule has 5 atom stereocenters. The summed E-state index contributed by atoms with van der Waals surface area (Å²) in [5, 5.41) is 0. The van der Waals surface area contributed by atoms with Crippen molar-refractivity contribution in [3.63, 3.8) is 0 Å². The van der Waals surface area contributed by atoms with Crippen molar-refractivity contribution < 1.29 is 28.6 Å². The molecule has 0 aliphatic heterocycles. The Balaban J connectivity index is 2.47. The van der Waals surface area contributed by atoms with Gasteiger partial charge in [0, 0.05) is 25.7 Å². The third-order valence-electron chi connectivity index (χ3n) is 7.91. The summed E-state index contributed by atoms with van der Waals surface area (Å²) >= 11 is 0. The van der Waals surface area contributed by atoms with Crippen molar-refractivity contribution in [2.45, 2.75) is 73.1 Å². The lowest BCUT2D eigenvalue weighted by Crippen LogP contribution is -2.44. The van der Waals surface area contributed by atoms with Gasteiger partial charge in [-0.25, -0.2) is 0 Å². The topological polar surface area (TPSA) is 78.9 Å². The lowest BCUT2D eigenvalue weighted by molar-refractivity contribution is -0.154. The maximum Gasteiger partial charge on any atom is 0.305 e. The number of carbonyl (C=O) groups excluding carboxylic acids is 3. The molecule has 6 heteroatoms. The molecule has 2 rings (SSSR count). The Morgan fingerprint density at radius 1 is 1.06 bits per heavy atom. The molecule has 0 aromatic rings. The Bertz CT molecular complexity index is 696. The smallest absolute Gasteiger partial charge is 0.305 e. The van der Waals surface area contributed by atoms with Crippen LogP contribution in [0.5, 0.6) is 0 Å². The molecule has 6 nitrogen and oxygen atoms in total. The molecule has 0 saturated heterocycles. The third-order valence-corrected chi connectivity index (χ3v) is 7.91. The van der Waals surface area contributed by atoms with Crippen LogP contribution in [-0.4, -0.2) is 38.2 Å². The van der Waals surface area contributed by atoms with E-state index >= 15 is 0 Å². The van der Waals surface area contributed by atoms with Gasteiger partial charge in [-0.05, 0) is 54.8 Å². The first-order valence-electron chi connectivity index (χ1n) is 11.4. The van der Waals surface area contributed by atoms with Crippen LogP contribution in [-0.2, 0) is 28.6 Å². The molecule has 2 aliphatic carbocycles. The first-order chi connectivity index (χ1) is 14.4. The second-order valence-corrected chi connectivity index (χ2v) is 10.4. The van der Waals surface area contributed by atoms with Crippen LogP contribution < -0.4 is 0 Å². The normalized spacial score (nSPS) is 29.3. The Morgan fingerprint density at radius 2 is 1.68 bits per heavy atom. The number of hydrogen-bond acceptors (Lipinski definition) is 6. The fourth-order valence-electron chi connectivity index (χ4n) is 6.28. The minimum atomic E-state index is -0.393. The van der Waals surface area contributed by atoms with Gasteiger partial charge in [0.1, 0.15) is 0 Å². The highest BCUT2D eigenvalue weighted by Crippen LogP contribution is 2.63. The predicted molar refractivity (Wildman–Crippen MR) is 118 cm³/mol. The third kappa shape index (κ3) is 5.89. The fraction of sp³-hybridized carbons (Fsp3) is 0.800. The molecule has 0 bridgehead atoms. The lowest BCUT2D eigenvalue weighted by Gasteiger charge is -2.46. The largest absolute Gasteiger partial charge is 0.469 e. The van der Waals surface area contributed by atoms with E-state index in [2.05, 4.69) is 27.4 Å². The van der Waals surface area contributed by atoms with Gasteiger partial charge in [-0.3, -0.25) is 14.4 Å². The Morgan fingerprint density at radius 3 is 2.26 bits per heavy atom. The van der Waals surface area contributed by atoms with E-state index in [-0.39, 0.29) is 60.2 Å². The zero-order valence-corrected chi connectivity index (χ0v) is 20.1. The van der Waals surface area contributed by atoms with Gasteiger partial charge >= 0.3 is 17.9 Å². The number of fused-ring (bicyclic) bond motifs is 1. The molecule has 0 aromatic heterocycles. The Hall–Kier alpha value is -1.85. The Labute approximate surface area is 187 Å². The SMILES string of the molecule is C=C1CCCC(C)(C)[C@@H]2CC[C@@](C)([C@H](COC(C)=O)[C@H](COC(C)=O)CC(=O)OC)[C@@H]12. The van der Waals surface area contributed by atoms with Crippen molar-refractivity contribution in [1.29, 1.82) is 0 Å². The van der Waals surface area contributed by atoms with Crippen LogP contribution in [0.4, 0.5) is 0 Å². The first-order valence-corrected chi connectivity index (χ1v) is 11.4. The average Bonchev–Trinajstić information content (AvgIpc) is 2.98. The van der Waals surface area contributed by atoms with E-state index in [4.69, 9.17) is 14.2 Å². The predicted octanol–water partition coefficient (Wildman–Crippen LogP) is 4.71. The van der Waals surface area contributed by atoms with Crippen molar-refractivity contribution in [2.24, 2.45) is 34.5 Å². The summed E-state index contributed by atoms with van der Waals surface area (Å²) in [6, 6.07) is 0. The monoisotopic (exact) mass is 436 g/mol. The molecule has 0 aromatic carbocycles. The molecule has 0 N–H and O–H groups in total. The van der Waals surface area contributed by atoms with Gasteiger partial charge in [0.2, 0.25) is 0 Å². The van der Waals surface area contributed by atoms with E-state index < -0.39 is 5.97 Å². The van der Waals surface area contributed by atoms with Crippen LogP contribution in [0.2, 0.25) is 0 Å². The van der Waals surface area contributed by atoms with E-state index in [9.17, 15) is 14.4 Å². The van der Waals surface area contributed by atoms with E-state index in [1.807, 2.05) is 0 Å². The number of ether oxygens (including phenoxy) is 3.